The number of hydrogen-bond donors (Lipinski definition) is 3. The number of ether oxygens (including phenoxy) is 1. The van der Waals surface area contributed by atoms with Crippen LogP contribution in [0.2, 0.25) is 0 Å². The fraction of sp³-hybridized carbons (Fsp3) is 0.450. The number of nitrogens with zero attached hydrogens (tertiary/aromatic N) is 2. The number of aromatic nitrogens is 2. The van der Waals surface area contributed by atoms with E-state index >= 15 is 0 Å². The van der Waals surface area contributed by atoms with E-state index in [4.69, 9.17) is 4.74 Å². The molecule has 3 N–H and O–H groups in total. The van der Waals surface area contributed by atoms with Crippen LogP contribution in [0.3, 0.4) is 0 Å². The lowest BCUT2D eigenvalue weighted by Gasteiger charge is -2.15. The van der Waals surface area contributed by atoms with Crippen molar-refractivity contribution < 1.29 is 32.6 Å². The van der Waals surface area contributed by atoms with Crippen LogP contribution >= 0.6 is 0 Å². The van der Waals surface area contributed by atoms with Gasteiger partial charge in [0.05, 0.1) is 31.0 Å². The summed E-state index contributed by atoms with van der Waals surface area (Å²) in [6.07, 6.45) is -2.78. The zero-order valence-electron chi connectivity index (χ0n) is 17.2. The number of rotatable bonds is 9. The molecule has 2 rings (SSSR count). The molecule has 0 aliphatic carbocycles. The minimum Gasteiger partial charge on any atom is -0.462 e. The first-order valence-corrected chi connectivity index (χ1v) is 9.77. The molecular weight excluding hydrogens is 417 g/mol. The largest absolute Gasteiger partial charge is 0.462 e. The molecule has 2 aromatic rings. The molecule has 0 aliphatic rings. The Labute approximate surface area is 177 Å². The summed E-state index contributed by atoms with van der Waals surface area (Å²) in [5, 5.41) is 19.0. The van der Waals surface area contributed by atoms with Crippen LogP contribution in [0.25, 0.3) is 0 Å². The molecule has 0 bridgehead atoms. The quantitative estimate of drug-likeness (QED) is 0.515. The number of anilines is 1. The lowest BCUT2D eigenvalue weighted by Crippen LogP contribution is -2.31. The van der Waals surface area contributed by atoms with Crippen LogP contribution in [0.15, 0.2) is 30.5 Å². The zero-order valence-corrected chi connectivity index (χ0v) is 17.2. The van der Waals surface area contributed by atoms with Crippen molar-refractivity contribution in [2.45, 2.75) is 52.1 Å². The first kappa shape index (κ1) is 24.2. The van der Waals surface area contributed by atoms with Crippen LogP contribution in [0.5, 0.6) is 0 Å². The second-order valence-electron chi connectivity index (χ2n) is 6.76. The highest BCUT2D eigenvalue weighted by atomic mass is 19.4. The van der Waals surface area contributed by atoms with E-state index in [2.05, 4.69) is 15.7 Å². The number of alkyl halides is 3. The lowest BCUT2D eigenvalue weighted by atomic mass is 10.1. The number of carbonyl (C=O) groups excluding carboxylic acids is 2. The maximum atomic E-state index is 12.8. The van der Waals surface area contributed by atoms with Gasteiger partial charge in [-0.15, -0.1) is 0 Å². The number of halogens is 3. The third kappa shape index (κ3) is 6.99. The summed E-state index contributed by atoms with van der Waals surface area (Å²) in [7, 11) is 0. The standard InChI is InChI=1S/C20H25F3N4O4/c1-3-6-15(28)12-27-17(16(11-25-27)18(29)31-4-2)26-19(30)24-10-13-7-5-8-14(9-13)20(21,22)23/h5,7-9,11,15,28H,3-4,6,10,12H2,1-2H3,(H2,24,26,30). The third-order valence-corrected chi connectivity index (χ3v) is 4.28. The van der Waals surface area contributed by atoms with Crippen LogP contribution in [0, 0.1) is 0 Å². The van der Waals surface area contributed by atoms with E-state index < -0.39 is 29.8 Å². The van der Waals surface area contributed by atoms with Crippen molar-refractivity contribution >= 4 is 17.8 Å². The van der Waals surface area contributed by atoms with Crippen molar-refractivity contribution in [3.63, 3.8) is 0 Å². The third-order valence-electron chi connectivity index (χ3n) is 4.28. The van der Waals surface area contributed by atoms with Gasteiger partial charge < -0.3 is 15.2 Å². The molecular formula is C20H25F3N4O4. The molecule has 1 atom stereocenters. The fourth-order valence-corrected chi connectivity index (χ4v) is 2.83. The SMILES string of the molecule is CCCC(O)Cn1ncc(C(=O)OCC)c1NC(=O)NCc1cccc(C(F)(F)F)c1. The molecule has 0 spiro atoms. The Hall–Kier alpha value is -3.08. The molecule has 2 amide bonds. The number of aliphatic hydroxyl groups excluding tert-OH is 1. The summed E-state index contributed by atoms with van der Waals surface area (Å²) in [5.41, 5.74) is -0.568. The molecule has 0 radical (unpaired) electrons. The monoisotopic (exact) mass is 442 g/mol. The van der Waals surface area contributed by atoms with Crippen LogP contribution in [-0.4, -0.2) is 39.6 Å². The molecule has 0 fully saturated rings. The second-order valence-corrected chi connectivity index (χ2v) is 6.76. The summed E-state index contributed by atoms with van der Waals surface area (Å²) in [6.45, 7) is 3.51. The highest BCUT2D eigenvalue weighted by Crippen LogP contribution is 2.29. The number of nitrogens with one attached hydrogen (secondary N) is 2. The van der Waals surface area contributed by atoms with Crippen LogP contribution in [0.1, 0.15) is 48.2 Å². The highest BCUT2D eigenvalue weighted by molar-refractivity contribution is 5.99. The van der Waals surface area contributed by atoms with Gasteiger partial charge in [-0.25, -0.2) is 14.3 Å². The average Bonchev–Trinajstić information content (AvgIpc) is 3.08. The second kappa shape index (κ2) is 10.8. The summed E-state index contributed by atoms with van der Waals surface area (Å²) >= 11 is 0. The van der Waals surface area contributed by atoms with Gasteiger partial charge >= 0.3 is 18.2 Å². The predicted molar refractivity (Wildman–Crippen MR) is 106 cm³/mol. The maximum Gasteiger partial charge on any atom is 0.416 e. The average molecular weight is 442 g/mol. The molecule has 1 unspecified atom stereocenters. The van der Waals surface area contributed by atoms with E-state index in [9.17, 15) is 27.9 Å². The number of esters is 1. The van der Waals surface area contributed by atoms with Gasteiger partial charge in [0.1, 0.15) is 11.4 Å². The summed E-state index contributed by atoms with van der Waals surface area (Å²) in [5.74, 6) is -0.679. The van der Waals surface area contributed by atoms with E-state index in [1.807, 2.05) is 6.92 Å². The first-order valence-electron chi connectivity index (χ1n) is 9.77. The number of amides is 2. The van der Waals surface area contributed by atoms with E-state index in [0.717, 1.165) is 18.6 Å². The minimum absolute atomic E-state index is 0.000216. The molecule has 1 heterocycles. The minimum atomic E-state index is -4.49. The Morgan fingerprint density at radius 2 is 2.03 bits per heavy atom. The molecule has 0 saturated heterocycles. The summed E-state index contributed by atoms with van der Waals surface area (Å²) < 4.78 is 44.7. The first-order chi connectivity index (χ1) is 14.7. The van der Waals surface area contributed by atoms with Gasteiger partial charge in [-0.1, -0.05) is 25.5 Å². The molecule has 11 heteroatoms. The zero-order chi connectivity index (χ0) is 23.0. The van der Waals surface area contributed by atoms with Gasteiger partial charge in [-0.05, 0) is 31.0 Å². The van der Waals surface area contributed by atoms with Gasteiger partial charge in [0.25, 0.3) is 0 Å². The lowest BCUT2D eigenvalue weighted by molar-refractivity contribution is -0.137. The van der Waals surface area contributed by atoms with Gasteiger partial charge in [0.15, 0.2) is 0 Å². The normalized spacial score (nSPS) is 12.3. The van der Waals surface area contributed by atoms with Gasteiger partial charge in [0, 0.05) is 6.54 Å². The number of benzene rings is 1. The number of hydrogen-bond acceptors (Lipinski definition) is 5. The summed E-state index contributed by atoms with van der Waals surface area (Å²) in [6, 6.07) is 3.83. The molecule has 1 aromatic carbocycles. The Morgan fingerprint density at radius 3 is 2.68 bits per heavy atom. The summed E-state index contributed by atoms with van der Waals surface area (Å²) in [4.78, 5) is 24.5. The Bertz CT molecular complexity index is 899. The van der Waals surface area contributed by atoms with Crippen molar-refractivity contribution in [1.29, 1.82) is 0 Å². The van der Waals surface area contributed by atoms with Crippen molar-refractivity contribution in [2.75, 3.05) is 11.9 Å². The fourth-order valence-electron chi connectivity index (χ4n) is 2.83. The molecule has 170 valence electrons. The van der Waals surface area contributed by atoms with Crippen molar-refractivity contribution in [3.05, 3.63) is 47.2 Å². The van der Waals surface area contributed by atoms with Crippen LogP contribution in [0.4, 0.5) is 23.8 Å². The highest BCUT2D eigenvalue weighted by Gasteiger charge is 2.30. The molecule has 1 aromatic heterocycles. The number of urea groups is 1. The number of carbonyl (C=O) groups is 2. The Kier molecular flexibility index (Phi) is 8.43. The van der Waals surface area contributed by atoms with Crippen LogP contribution in [-0.2, 0) is 24.0 Å². The van der Waals surface area contributed by atoms with Gasteiger partial charge in [0.2, 0.25) is 0 Å². The van der Waals surface area contributed by atoms with Crippen molar-refractivity contribution in [3.8, 4) is 0 Å². The van der Waals surface area contributed by atoms with E-state index in [0.29, 0.717) is 6.42 Å². The van der Waals surface area contributed by atoms with E-state index in [-0.39, 0.29) is 36.6 Å². The Morgan fingerprint density at radius 1 is 1.29 bits per heavy atom. The van der Waals surface area contributed by atoms with E-state index in [1.165, 1.54) is 23.0 Å². The Balaban J connectivity index is 2.13. The molecule has 31 heavy (non-hydrogen) atoms. The number of aliphatic hydroxyl groups is 1. The van der Waals surface area contributed by atoms with Gasteiger partial charge in [-0.2, -0.15) is 18.3 Å². The van der Waals surface area contributed by atoms with Gasteiger partial charge in [-0.3, -0.25) is 5.32 Å². The predicted octanol–water partition coefficient (Wildman–Crippen LogP) is 3.56. The van der Waals surface area contributed by atoms with Crippen molar-refractivity contribution in [2.24, 2.45) is 0 Å². The molecule has 0 saturated carbocycles. The molecule has 0 aliphatic heterocycles. The maximum absolute atomic E-state index is 12.8. The smallest absolute Gasteiger partial charge is 0.416 e. The van der Waals surface area contributed by atoms with Crippen molar-refractivity contribution in [1.82, 2.24) is 15.1 Å². The van der Waals surface area contributed by atoms with E-state index in [1.54, 1.807) is 6.92 Å². The molecule has 8 nitrogen and oxygen atoms in total. The van der Waals surface area contributed by atoms with Crippen LogP contribution < -0.4 is 10.6 Å². The topological polar surface area (TPSA) is 105 Å².